The van der Waals surface area contributed by atoms with Crippen molar-refractivity contribution in [3.63, 3.8) is 0 Å². The Morgan fingerprint density at radius 3 is 1.02 bits per heavy atom. The molecule has 0 aliphatic carbocycles. The molecule has 9 aromatic carbocycles. The van der Waals surface area contributed by atoms with Crippen LogP contribution in [-0.4, -0.2) is 160 Å². The number of quaternary nitrogens is 3. The van der Waals surface area contributed by atoms with Gasteiger partial charge in [0.1, 0.15) is 57.4 Å². The van der Waals surface area contributed by atoms with E-state index in [-0.39, 0.29) is 141 Å². The number of benzene rings is 9. The van der Waals surface area contributed by atoms with E-state index < -0.39 is 46.7 Å². The highest BCUT2D eigenvalue weighted by Crippen LogP contribution is 2.28. The van der Waals surface area contributed by atoms with Gasteiger partial charge in [-0.05, 0) is 189 Å². The van der Waals surface area contributed by atoms with Gasteiger partial charge in [0.25, 0.3) is 11.8 Å². The minimum Gasteiger partial charge on any atom is -1.00 e. The zero-order valence-electron chi connectivity index (χ0n) is 73.1. The lowest BCUT2D eigenvalue weighted by Gasteiger charge is -2.33. The Bertz CT molecular complexity index is 4670. The van der Waals surface area contributed by atoms with E-state index in [1.165, 1.54) is 47.1 Å². The summed E-state index contributed by atoms with van der Waals surface area (Å²) >= 11 is 11.9. The molecule has 27 heteroatoms. The normalized spacial score (nSPS) is 11.2. The lowest BCUT2D eigenvalue weighted by Crippen LogP contribution is -3.00. The predicted octanol–water partition coefficient (Wildman–Crippen LogP) is 13.1. The van der Waals surface area contributed by atoms with Crippen molar-refractivity contribution in [2.24, 2.45) is 0 Å². The van der Waals surface area contributed by atoms with Crippen LogP contribution in [-0.2, 0) is 33.6 Å². The van der Waals surface area contributed by atoms with E-state index >= 15 is 0 Å². The van der Waals surface area contributed by atoms with E-state index in [9.17, 15) is 46.3 Å². The average Bonchev–Trinajstić information content (AvgIpc) is 0.828. The largest absolute Gasteiger partial charge is 1.00 e. The lowest BCUT2D eigenvalue weighted by molar-refractivity contribution is -0.886. The van der Waals surface area contributed by atoms with Gasteiger partial charge in [-0.25, -0.2) is 31.9 Å². The number of carbonyl (C=O) groups is 6. The van der Waals surface area contributed by atoms with Crippen LogP contribution in [0, 0.1) is 23.3 Å². The monoisotopic (exact) mass is 2150 g/mol. The molecule has 128 heavy (non-hydrogen) atoms. The number of likely N-dealkylation sites (N-methyl/N-ethyl adjacent to an activating group) is 2. The Balaban J connectivity index is 0.000000938. The van der Waals surface area contributed by atoms with E-state index in [0.717, 1.165) is 169 Å². The number of halogens is 9. The molecule has 0 aromatic heterocycles. The third-order valence-electron chi connectivity index (χ3n) is 20.1. The molecule has 0 fully saturated rings. The van der Waals surface area contributed by atoms with Gasteiger partial charge in [-0.3, -0.25) is 18.9 Å². The van der Waals surface area contributed by atoms with Crippen molar-refractivity contribution in [1.29, 1.82) is 0 Å². The van der Waals surface area contributed by atoms with Crippen LogP contribution in [0.4, 0.5) is 23.2 Å². The number of hydrogen-bond acceptors (Lipinski definition) is 12. The Hall–Kier alpha value is -8.43. The van der Waals surface area contributed by atoms with Crippen molar-refractivity contribution in [3.8, 4) is 34.5 Å². The summed E-state index contributed by atoms with van der Waals surface area (Å²) in [6.07, 6.45) is 20.7. The molecular weight excluding hydrogens is 2020 g/mol. The highest BCUT2D eigenvalue weighted by Gasteiger charge is 2.33. The highest BCUT2D eigenvalue weighted by atomic mass is 127. The summed E-state index contributed by atoms with van der Waals surface area (Å²) in [6, 6.07) is 58.9. The molecule has 0 saturated heterocycles. The van der Waals surface area contributed by atoms with Crippen LogP contribution in [0.1, 0.15) is 186 Å². The van der Waals surface area contributed by atoms with Crippen molar-refractivity contribution in [3.05, 3.63) is 279 Å². The number of amides is 3. The predicted molar refractivity (Wildman–Crippen MR) is 496 cm³/mol. The number of nitrogens with one attached hydrogen (secondary N) is 3. The Morgan fingerprint density at radius 2 is 0.664 bits per heavy atom. The van der Waals surface area contributed by atoms with Crippen LogP contribution < -0.4 is 121 Å². The van der Waals surface area contributed by atoms with Gasteiger partial charge in [0.05, 0.1) is 111 Å². The van der Waals surface area contributed by atoms with Crippen molar-refractivity contribution in [1.82, 2.24) is 20.4 Å². The minimum absolute atomic E-state index is 0. The lowest BCUT2D eigenvalue weighted by atomic mass is 10.0. The maximum atomic E-state index is 13.7. The van der Waals surface area contributed by atoms with E-state index in [4.69, 9.17) is 51.6 Å². The molecule has 0 saturated carbocycles. The van der Waals surface area contributed by atoms with Crippen LogP contribution in [0.2, 0.25) is 10.0 Å². The first-order valence-electron chi connectivity index (χ1n) is 42.0. The molecule has 0 radical (unpaired) electrons. The van der Waals surface area contributed by atoms with Gasteiger partial charge in [0.2, 0.25) is 5.91 Å². The fraction of sp³-hybridized carbons (Fsp3) is 0.406. The van der Waals surface area contributed by atoms with Crippen LogP contribution in [0.25, 0.3) is 0 Å². The molecule has 9 rings (SSSR count). The van der Waals surface area contributed by atoms with E-state index in [1.807, 2.05) is 48.5 Å². The number of nitrogens with zero attached hydrogens (tertiary/aromatic N) is 3. The first kappa shape index (κ1) is 118. The fourth-order valence-corrected chi connectivity index (χ4v) is 13.2. The SMILES string of the molecule is C.C.C.C[N+](C)(C)C(Cc1ccccc1)C(=O)NCCCCCCCCOc1ccc(OC(=O)c2c(F)cccc2F)cc1.C[N+](C)(C)C(Cc1ccccc1)C(=O)NCCCCCCCCOc1ccc(OC(=O)c2ccc(F)c(F)c2)cc1.C[N+](C)(C)c1ccc(CC(=O)NCCCCCCCCOc2ccc(OC(=O)c3ccc(Cl)c(Cl)c3)cc2)cc1.[I-].[I-].[I-]. The first-order chi connectivity index (χ1) is 58.4. The van der Waals surface area contributed by atoms with Gasteiger partial charge >= 0.3 is 17.9 Å². The Morgan fingerprint density at radius 1 is 0.328 bits per heavy atom. The topological polar surface area (TPSA) is 194 Å². The van der Waals surface area contributed by atoms with E-state index in [1.54, 1.807) is 72.8 Å². The smallest absolute Gasteiger partial charge is 0.349 e. The summed E-state index contributed by atoms with van der Waals surface area (Å²) in [7, 11) is 18.7. The molecule has 3 N–H and O–H groups in total. The molecule has 3 amide bonds. The summed E-state index contributed by atoms with van der Waals surface area (Å²) in [6.45, 7) is 3.88. The molecule has 702 valence electrons. The molecule has 0 aliphatic heterocycles. The number of rotatable bonds is 47. The summed E-state index contributed by atoms with van der Waals surface area (Å²) in [5.41, 5.74) is 4.14. The van der Waals surface area contributed by atoms with Crippen molar-refractivity contribution in [2.45, 2.75) is 169 Å². The number of ether oxygens (including phenoxy) is 6. The molecule has 0 bridgehead atoms. The molecule has 0 spiro atoms. The quantitative estimate of drug-likeness (QED) is 0.00817. The van der Waals surface area contributed by atoms with E-state index in [0.29, 0.717) is 87.6 Å². The molecule has 0 aliphatic rings. The molecule has 0 heterocycles. The van der Waals surface area contributed by atoms with Gasteiger partial charge in [0.15, 0.2) is 23.7 Å². The number of unbranched alkanes of at least 4 members (excludes halogenated alkanes) is 15. The molecule has 18 nitrogen and oxygen atoms in total. The van der Waals surface area contributed by atoms with Crippen molar-refractivity contribution >= 4 is 64.5 Å². The van der Waals surface area contributed by atoms with Crippen molar-refractivity contribution < 1.29 is 156 Å². The first-order valence-corrected chi connectivity index (χ1v) is 42.8. The number of esters is 3. The fourth-order valence-electron chi connectivity index (χ4n) is 12.9. The second-order valence-corrected chi connectivity index (χ2v) is 33.6. The highest BCUT2D eigenvalue weighted by molar-refractivity contribution is 6.42. The third-order valence-corrected chi connectivity index (χ3v) is 20.9. The third kappa shape index (κ3) is 44.9. The van der Waals surface area contributed by atoms with Crippen molar-refractivity contribution in [2.75, 3.05) is 103 Å². The summed E-state index contributed by atoms with van der Waals surface area (Å²) in [5.74, 6) is -3.24. The molecule has 9 aromatic rings. The van der Waals surface area contributed by atoms with Crippen LogP contribution in [0.3, 0.4) is 0 Å². The van der Waals surface area contributed by atoms with E-state index in [2.05, 4.69) is 116 Å². The second-order valence-electron chi connectivity index (χ2n) is 32.8. The van der Waals surface area contributed by atoms with Crippen LogP contribution in [0.5, 0.6) is 34.5 Å². The van der Waals surface area contributed by atoms with Gasteiger partial charge in [-0.1, -0.05) is 201 Å². The zero-order chi connectivity index (χ0) is 88.3. The maximum absolute atomic E-state index is 13.7. The maximum Gasteiger partial charge on any atom is 0.349 e. The summed E-state index contributed by atoms with van der Waals surface area (Å²) in [5, 5.41) is 9.98. The van der Waals surface area contributed by atoms with Crippen LogP contribution >= 0.6 is 23.2 Å². The molecular formula is C101H133Cl2F4I3N6O12. The van der Waals surface area contributed by atoms with Gasteiger partial charge < -0.3 is 125 Å². The Kier molecular flexibility index (Phi) is 57.7. The molecule has 2 atom stereocenters. The zero-order valence-corrected chi connectivity index (χ0v) is 81.1. The average molecular weight is 2150 g/mol. The van der Waals surface area contributed by atoms with Crippen LogP contribution in [0.15, 0.2) is 212 Å². The minimum atomic E-state index is -1.10. The summed E-state index contributed by atoms with van der Waals surface area (Å²) < 4.78 is 88.8. The number of carbonyl (C=O) groups excluding carboxylic acids is 6. The van der Waals surface area contributed by atoms with Gasteiger partial charge in [0, 0.05) is 32.5 Å². The number of hydrogen-bond donors (Lipinski definition) is 3. The van der Waals surface area contributed by atoms with Gasteiger partial charge in [-0.2, -0.15) is 0 Å². The summed E-state index contributed by atoms with van der Waals surface area (Å²) in [4.78, 5) is 74.4. The Labute approximate surface area is 819 Å². The van der Waals surface area contributed by atoms with Gasteiger partial charge in [-0.15, -0.1) is 0 Å². The molecule has 2 unspecified atom stereocenters. The standard InChI is InChI=1S/2C33H40F2N2O4.C32H38Cl2N2O4.3CH4.3HI/c1-37(2,3)30(24-25-14-9-8-10-15-25)32(38)36-22-11-6-4-5-7-12-23-40-26-18-20-27(21-19-26)41-33(39)31-28(34)16-13-17-29(31)35;1-37(2,3)31(23-25-13-9-8-10-14-25)32(38)36-21-11-6-4-5-7-12-22-40-27-16-18-28(19-17-27)41-33(39)26-15-20-29(34)30(35)24-26;1-36(2,3)26-13-10-24(11-14-26)22-31(37)35-20-8-6-4-5-7-9-21-39-27-15-17-28(18-16-27)40-32(38)25-12-19-29(33)30(34)23-25;;;;;;/h8-10,13-21,30H,4-7,11-12,22-24H2,1-3H3;8-10,13-20,24,31H,4-7,11-12,21-23H2,1-3H3;10-19,23H,4-9,20-22H2,1-3H3;3*1H4;3*1H. The second kappa shape index (κ2) is 62.8.